The molecule has 0 spiro atoms. The fraction of sp³-hybridized carbons (Fsp3) is 0.417. The Bertz CT molecular complexity index is 410. The number of aliphatic hydroxyl groups is 1. The highest BCUT2D eigenvalue weighted by atomic mass is 19.1. The summed E-state index contributed by atoms with van der Waals surface area (Å²) in [7, 11) is 1.13. The minimum atomic E-state index is -1.49. The van der Waals surface area contributed by atoms with Crippen LogP contribution in [0.5, 0.6) is 0 Å². The molecule has 1 aromatic rings. The Morgan fingerprint density at radius 2 is 1.76 bits per heavy atom. The highest BCUT2D eigenvalue weighted by molar-refractivity contribution is 5.76. The molecule has 0 heterocycles. The molecule has 0 amide bonds. The normalized spacial score (nSPS) is 13.3. The number of methoxy groups -OCH3 is 1. The second kappa shape index (κ2) is 4.79. The third kappa shape index (κ3) is 2.79. The zero-order valence-electron chi connectivity index (χ0n) is 9.83. The van der Waals surface area contributed by atoms with Gasteiger partial charge in [0.1, 0.15) is 11.6 Å². The van der Waals surface area contributed by atoms with Gasteiger partial charge in [0, 0.05) is 11.5 Å². The van der Waals surface area contributed by atoms with Crippen molar-refractivity contribution in [2.24, 2.45) is 0 Å². The highest BCUT2D eigenvalue weighted by Crippen LogP contribution is 2.29. The van der Waals surface area contributed by atoms with E-state index in [0.29, 0.717) is 0 Å². The molecule has 3 nitrogen and oxygen atoms in total. The summed E-state index contributed by atoms with van der Waals surface area (Å²) in [6.45, 7) is 3.01. The first kappa shape index (κ1) is 13.6. The van der Waals surface area contributed by atoms with Crippen LogP contribution in [0.1, 0.15) is 19.4 Å². The molecule has 1 aromatic carbocycles. The van der Waals surface area contributed by atoms with Gasteiger partial charge in [-0.2, -0.15) is 0 Å². The smallest absolute Gasteiger partial charge is 0.335 e. The Morgan fingerprint density at radius 1 is 1.29 bits per heavy atom. The summed E-state index contributed by atoms with van der Waals surface area (Å²) in [4.78, 5) is 11.2. The van der Waals surface area contributed by atoms with Gasteiger partial charge in [0.15, 0.2) is 6.10 Å². The van der Waals surface area contributed by atoms with E-state index in [2.05, 4.69) is 4.74 Å². The van der Waals surface area contributed by atoms with Crippen LogP contribution in [-0.4, -0.2) is 24.3 Å². The molecule has 0 radical (unpaired) electrons. The maximum absolute atomic E-state index is 13.1. The first-order valence-electron chi connectivity index (χ1n) is 5.01. The van der Waals surface area contributed by atoms with E-state index in [0.717, 1.165) is 25.3 Å². The fourth-order valence-corrected chi connectivity index (χ4v) is 1.49. The van der Waals surface area contributed by atoms with Crippen LogP contribution in [0.25, 0.3) is 0 Å². The first-order chi connectivity index (χ1) is 7.78. The molecule has 0 saturated carbocycles. The van der Waals surface area contributed by atoms with E-state index in [9.17, 15) is 18.7 Å². The minimum absolute atomic E-state index is 0.188. The zero-order chi connectivity index (χ0) is 13.2. The van der Waals surface area contributed by atoms with Gasteiger partial charge >= 0.3 is 5.97 Å². The number of aliphatic hydroxyl groups excluding tert-OH is 1. The topological polar surface area (TPSA) is 46.5 Å². The monoisotopic (exact) mass is 244 g/mol. The average molecular weight is 244 g/mol. The number of benzene rings is 1. The van der Waals surface area contributed by atoms with Crippen molar-refractivity contribution in [3.8, 4) is 0 Å². The molecule has 1 N–H and O–H groups in total. The Labute approximate surface area is 98.0 Å². The second-order valence-electron chi connectivity index (χ2n) is 4.31. The SMILES string of the molecule is COC(=O)C(O)C(C)(C)c1cc(F)cc(F)c1. The Kier molecular flexibility index (Phi) is 3.83. The standard InChI is InChI=1S/C12H14F2O3/c1-12(2,10(15)11(16)17-3)7-4-8(13)6-9(14)5-7/h4-6,10,15H,1-3H3. The van der Waals surface area contributed by atoms with E-state index in [1.807, 2.05) is 0 Å². The van der Waals surface area contributed by atoms with E-state index in [1.165, 1.54) is 13.8 Å². The quantitative estimate of drug-likeness (QED) is 0.824. The number of carbonyl (C=O) groups excluding carboxylic acids is 1. The van der Waals surface area contributed by atoms with Gasteiger partial charge in [0.25, 0.3) is 0 Å². The van der Waals surface area contributed by atoms with Crippen molar-refractivity contribution in [1.29, 1.82) is 0 Å². The number of halogens is 2. The molecule has 0 saturated heterocycles. The number of hydrogen-bond donors (Lipinski definition) is 1. The van der Waals surface area contributed by atoms with Crippen molar-refractivity contribution < 1.29 is 23.4 Å². The third-order valence-electron chi connectivity index (χ3n) is 2.71. The van der Waals surface area contributed by atoms with Crippen LogP contribution in [0.4, 0.5) is 8.78 Å². The molecule has 1 atom stereocenters. The third-order valence-corrected chi connectivity index (χ3v) is 2.71. The lowest BCUT2D eigenvalue weighted by molar-refractivity contribution is -0.153. The van der Waals surface area contributed by atoms with Gasteiger partial charge < -0.3 is 9.84 Å². The van der Waals surface area contributed by atoms with Gasteiger partial charge in [-0.1, -0.05) is 13.8 Å². The molecule has 0 fully saturated rings. The molecule has 0 aliphatic heterocycles. The molecule has 1 rings (SSSR count). The molecular formula is C12H14F2O3. The number of esters is 1. The number of hydrogen-bond acceptors (Lipinski definition) is 3. The van der Waals surface area contributed by atoms with Gasteiger partial charge in [0.2, 0.25) is 0 Å². The summed E-state index contributed by atoms with van der Waals surface area (Å²) in [5.74, 6) is -2.37. The average Bonchev–Trinajstić information content (AvgIpc) is 2.25. The summed E-state index contributed by atoms with van der Waals surface area (Å²) in [6.07, 6.45) is -1.49. The predicted molar refractivity (Wildman–Crippen MR) is 57.4 cm³/mol. The van der Waals surface area contributed by atoms with Gasteiger partial charge in [-0.05, 0) is 17.7 Å². The van der Waals surface area contributed by atoms with E-state index < -0.39 is 29.1 Å². The van der Waals surface area contributed by atoms with Crippen molar-refractivity contribution >= 4 is 5.97 Å². The van der Waals surface area contributed by atoms with Crippen LogP contribution in [0.15, 0.2) is 18.2 Å². The van der Waals surface area contributed by atoms with Crippen molar-refractivity contribution in [3.05, 3.63) is 35.4 Å². The predicted octanol–water partition coefficient (Wildman–Crippen LogP) is 1.78. The summed E-state index contributed by atoms with van der Waals surface area (Å²) in [6, 6.07) is 2.88. The molecule has 0 aliphatic rings. The van der Waals surface area contributed by atoms with Crippen LogP contribution < -0.4 is 0 Å². The van der Waals surface area contributed by atoms with E-state index in [1.54, 1.807) is 0 Å². The summed E-state index contributed by atoms with van der Waals surface area (Å²) >= 11 is 0. The lowest BCUT2D eigenvalue weighted by Gasteiger charge is -2.29. The van der Waals surface area contributed by atoms with Gasteiger partial charge in [0.05, 0.1) is 7.11 Å². The maximum Gasteiger partial charge on any atom is 0.335 e. The summed E-state index contributed by atoms with van der Waals surface area (Å²) in [5.41, 5.74) is -0.955. The number of ether oxygens (including phenoxy) is 1. The zero-order valence-corrected chi connectivity index (χ0v) is 9.83. The second-order valence-corrected chi connectivity index (χ2v) is 4.31. The molecule has 0 aromatic heterocycles. The van der Waals surface area contributed by atoms with Gasteiger partial charge in [-0.15, -0.1) is 0 Å². The summed E-state index contributed by atoms with van der Waals surface area (Å²) < 4.78 is 30.5. The fourth-order valence-electron chi connectivity index (χ4n) is 1.49. The molecule has 0 aliphatic carbocycles. The van der Waals surface area contributed by atoms with Crippen LogP contribution >= 0.6 is 0 Å². The van der Waals surface area contributed by atoms with Crippen LogP contribution in [0.2, 0.25) is 0 Å². The Hall–Kier alpha value is -1.49. The van der Waals surface area contributed by atoms with Crippen LogP contribution in [0, 0.1) is 11.6 Å². The molecular weight excluding hydrogens is 230 g/mol. The van der Waals surface area contributed by atoms with Crippen molar-refractivity contribution in [3.63, 3.8) is 0 Å². The molecule has 0 bridgehead atoms. The minimum Gasteiger partial charge on any atom is -0.467 e. The number of carbonyl (C=O) groups is 1. The van der Waals surface area contributed by atoms with E-state index >= 15 is 0 Å². The molecule has 17 heavy (non-hydrogen) atoms. The lowest BCUT2D eigenvalue weighted by Crippen LogP contribution is -2.40. The van der Waals surface area contributed by atoms with Gasteiger partial charge in [-0.25, -0.2) is 13.6 Å². The lowest BCUT2D eigenvalue weighted by atomic mass is 9.79. The molecule has 1 unspecified atom stereocenters. The largest absolute Gasteiger partial charge is 0.467 e. The van der Waals surface area contributed by atoms with Crippen molar-refractivity contribution in [1.82, 2.24) is 0 Å². The maximum atomic E-state index is 13.1. The Morgan fingerprint density at radius 3 is 2.18 bits per heavy atom. The number of rotatable bonds is 3. The molecule has 5 heteroatoms. The Balaban J connectivity index is 3.15. The van der Waals surface area contributed by atoms with Crippen LogP contribution in [0.3, 0.4) is 0 Å². The van der Waals surface area contributed by atoms with E-state index in [4.69, 9.17) is 0 Å². The molecule has 94 valence electrons. The van der Waals surface area contributed by atoms with Crippen molar-refractivity contribution in [2.45, 2.75) is 25.4 Å². The highest BCUT2D eigenvalue weighted by Gasteiger charge is 2.36. The summed E-state index contributed by atoms with van der Waals surface area (Å²) in [5, 5.41) is 9.76. The first-order valence-corrected chi connectivity index (χ1v) is 5.01. The van der Waals surface area contributed by atoms with Crippen molar-refractivity contribution in [2.75, 3.05) is 7.11 Å². The van der Waals surface area contributed by atoms with E-state index in [-0.39, 0.29) is 5.56 Å². The van der Waals surface area contributed by atoms with Crippen LogP contribution in [-0.2, 0) is 14.9 Å². The van der Waals surface area contributed by atoms with Gasteiger partial charge in [-0.3, -0.25) is 0 Å².